The maximum absolute atomic E-state index is 10.6. The largest absolute Gasteiger partial charge is 0.465 e. The third-order valence-corrected chi connectivity index (χ3v) is 2.83. The van der Waals surface area contributed by atoms with E-state index in [1.165, 1.54) is 12.0 Å². The summed E-state index contributed by atoms with van der Waals surface area (Å²) in [7, 11) is 1.51. The number of amides is 1. The van der Waals surface area contributed by atoms with Gasteiger partial charge in [0.2, 0.25) is 0 Å². The van der Waals surface area contributed by atoms with Gasteiger partial charge in [0, 0.05) is 26.2 Å². The molecule has 78 valence electrons. The van der Waals surface area contributed by atoms with Crippen molar-refractivity contribution in [3.8, 4) is 0 Å². The number of nitrogens with one attached hydrogen (secondary N) is 1. The first kappa shape index (κ1) is 9.26. The van der Waals surface area contributed by atoms with Gasteiger partial charge in [0.05, 0.1) is 11.1 Å². The smallest absolute Gasteiger partial charge is 0.407 e. The molecule has 2 fully saturated rings. The van der Waals surface area contributed by atoms with E-state index in [1.54, 1.807) is 0 Å². The Balaban J connectivity index is 2.05. The molecule has 14 heavy (non-hydrogen) atoms. The average Bonchev–Trinajstić information content (AvgIpc) is 2.45. The fourth-order valence-corrected chi connectivity index (χ4v) is 2.06. The van der Waals surface area contributed by atoms with E-state index in [1.807, 2.05) is 0 Å². The van der Waals surface area contributed by atoms with Crippen molar-refractivity contribution in [2.45, 2.75) is 0 Å². The summed E-state index contributed by atoms with van der Waals surface area (Å²) < 4.78 is 0. The number of carbonyl (C=O) groups is 1. The van der Waals surface area contributed by atoms with E-state index in [0.717, 1.165) is 12.3 Å². The molecule has 2 saturated heterocycles. The van der Waals surface area contributed by atoms with E-state index >= 15 is 0 Å². The van der Waals surface area contributed by atoms with E-state index in [0.29, 0.717) is 19.6 Å². The first-order chi connectivity index (χ1) is 6.68. The van der Waals surface area contributed by atoms with Crippen LogP contribution in [-0.2, 0) is 4.84 Å². The molecule has 0 saturated carbocycles. The Kier molecular flexibility index (Phi) is 2.07. The molecule has 2 rings (SSSR count). The zero-order valence-electron chi connectivity index (χ0n) is 7.99. The molecule has 6 heteroatoms. The Morgan fingerprint density at radius 3 is 3.00 bits per heavy atom. The van der Waals surface area contributed by atoms with Crippen molar-refractivity contribution in [3.05, 3.63) is 0 Å². The normalized spacial score (nSPS) is 26.6. The first-order valence-electron chi connectivity index (χ1n) is 4.47. The van der Waals surface area contributed by atoms with Gasteiger partial charge in [-0.1, -0.05) is 5.16 Å². The van der Waals surface area contributed by atoms with Crippen LogP contribution in [0.15, 0.2) is 5.16 Å². The zero-order chi connectivity index (χ0) is 10.2. The summed E-state index contributed by atoms with van der Waals surface area (Å²) in [6.07, 6.45) is -0.862. The fraction of sp³-hybridized carbons (Fsp3) is 0.750. The molecule has 2 heterocycles. The van der Waals surface area contributed by atoms with Gasteiger partial charge in [-0.05, 0) is 0 Å². The predicted molar refractivity (Wildman–Crippen MR) is 49.3 cm³/mol. The van der Waals surface area contributed by atoms with Crippen LogP contribution < -0.4 is 5.32 Å². The lowest BCUT2D eigenvalue weighted by atomic mass is 9.78. The molecule has 6 nitrogen and oxygen atoms in total. The maximum Gasteiger partial charge on any atom is 0.407 e. The van der Waals surface area contributed by atoms with Gasteiger partial charge in [-0.3, -0.25) is 0 Å². The highest BCUT2D eigenvalue weighted by Gasteiger charge is 2.51. The van der Waals surface area contributed by atoms with Gasteiger partial charge < -0.3 is 20.2 Å². The first-order valence-corrected chi connectivity index (χ1v) is 4.47. The minimum atomic E-state index is -0.862. The second-order valence-corrected chi connectivity index (χ2v) is 3.74. The molecule has 1 amide bonds. The Bertz CT molecular complexity index is 284. The van der Waals surface area contributed by atoms with Crippen molar-refractivity contribution >= 4 is 11.8 Å². The topological polar surface area (TPSA) is 74.2 Å². The molecule has 2 aliphatic heterocycles. The summed E-state index contributed by atoms with van der Waals surface area (Å²) >= 11 is 0. The van der Waals surface area contributed by atoms with Crippen LogP contribution in [0.25, 0.3) is 0 Å². The van der Waals surface area contributed by atoms with Crippen LogP contribution >= 0.6 is 0 Å². The number of rotatable bonds is 1. The quantitative estimate of drug-likeness (QED) is 0.562. The Hall–Kier alpha value is -1.30. The van der Waals surface area contributed by atoms with Gasteiger partial charge >= 0.3 is 6.09 Å². The van der Waals surface area contributed by atoms with Crippen molar-refractivity contribution < 1.29 is 14.7 Å². The van der Waals surface area contributed by atoms with Crippen LogP contribution in [0.2, 0.25) is 0 Å². The molecule has 2 aliphatic rings. The van der Waals surface area contributed by atoms with Gasteiger partial charge in [-0.2, -0.15) is 0 Å². The molecule has 0 atom stereocenters. The van der Waals surface area contributed by atoms with E-state index in [4.69, 9.17) is 9.94 Å². The van der Waals surface area contributed by atoms with Gasteiger partial charge in [0.1, 0.15) is 7.11 Å². The molecular weight excluding hydrogens is 186 g/mol. The summed E-state index contributed by atoms with van der Waals surface area (Å²) in [6, 6.07) is 0. The van der Waals surface area contributed by atoms with Crippen LogP contribution in [0.3, 0.4) is 0 Å². The third kappa shape index (κ3) is 1.22. The van der Waals surface area contributed by atoms with Gasteiger partial charge in [-0.25, -0.2) is 4.79 Å². The minimum Gasteiger partial charge on any atom is -0.465 e. The number of hydrogen-bond donors (Lipinski definition) is 2. The summed E-state index contributed by atoms with van der Waals surface area (Å²) in [6.45, 7) is 2.54. The van der Waals surface area contributed by atoms with Crippen LogP contribution in [0.5, 0.6) is 0 Å². The molecule has 0 aromatic heterocycles. The second kappa shape index (κ2) is 3.13. The van der Waals surface area contributed by atoms with Crippen molar-refractivity contribution in [3.63, 3.8) is 0 Å². The van der Waals surface area contributed by atoms with Crippen LogP contribution in [0.1, 0.15) is 0 Å². The second-order valence-electron chi connectivity index (χ2n) is 3.74. The lowest BCUT2D eigenvalue weighted by molar-refractivity contribution is 0.0575. The van der Waals surface area contributed by atoms with Crippen LogP contribution in [0, 0.1) is 5.41 Å². The van der Waals surface area contributed by atoms with E-state index in [9.17, 15) is 4.79 Å². The minimum absolute atomic E-state index is 0.103. The standard InChI is InChI=1S/C8H13N3O3/c1-14-10-6-2-9-3-8(6)4-11(5-8)7(12)13/h9H,2-5H2,1H3,(H,12,13). The van der Waals surface area contributed by atoms with Crippen molar-refractivity contribution in [1.82, 2.24) is 10.2 Å². The Labute approximate surface area is 81.5 Å². The summed E-state index contributed by atoms with van der Waals surface area (Å²) in [5, 5.41) is 15.8. The van der Waals surface area contributed by atoms with E-state index in [2.05, 4.69) is 10.5 Å². The zero-order valence-corrected chi connectivity index (χ0v) is 7.99. The molecule has 0 aromatic carbocycles. The van der Waals surface area contributed by atoms with E-state index in [-0.39, 0.29) is 5.41 Å². The van der Waals surface area contributed by atoms with Crippen LogP contribution in [0.4, 0.5) is 4.79 Å². The highest BCUT2D eigenvalue weighted by Crippen LogP contribution is 2.34. The summed E-state index contributed by atoms with van der Waals surface area (Å²) in [5.41, 5.74) is 0.825. The Morgan fingerprint density at radius 1 is 1.71 bits per heavy atom. The average molecular weight is 199 g/mol. The number of likely N-dealkylation sites (tertiary alicyclic amines) is 1. The lowest BCUT2D eigenvalue weighted by Crippen LogP contribution is -2.62. The monoisotopic (exact) mass is 199 g/mol. The van der Waals surface area contributed by atoms with Crippen molar-refractivity contribution in [1.29, 1.82) is 0 Å². The predicted octanol–water partition coefficient (Wildman–Crippen LogP) is -0.428. The number of oxime groups is 1. The fourth-order valence-electron chi connectivity index (χ4n) is 2.06. The number of carboxylic acid groups (broad SMARTS) is 1. The molecule has 2 N–H and O–H groups in total. The SMILES string of the molecule is CON=C1CNCC12CN(C(=O)O)C2. The molecule has 0 unspecified atom stereocenters. The molecule has 0 aliphatic carbocycles. The summed E-state index contributed by atoms with van der Waals surface area (Å²) in [5.74, 6) is 0. The van der Waals surface area contributed by atoms with Gasteiger partial charge in [0.15, 0.2) is 0 Å². The maximum atomic E-state index is 10.6. The molecule has 0 radical (unpaired) electrons. The van der Waals surface area contributed by atoms with Crippen molar-refractivity contribution in [2.75, 3.05) is 33.3 Å². The molecular formula is C8H13N3O3. The lowest BCUT2D eigenvalue weighted by Gasteiger charge is -2.45. The number of hydrogen-bond acceptors (Lipinski definition) is 4. The van der Waals surface area contributed by atoms with E-state index < -0.39 is 6.09 Å². The Morgan fingerprint density at radius 2 is 2.43 bits per heavy atom. The van der Waals surface area contributed by atoms with Crippen molar-refractivity contribution in [2.24, 2.45) is 10.6 Å². The van der Waals surface area contributed by atoms with Gasteiger partial charge in [0.25, 0.3) is 0 Å². The summed E-state index contributed by atoms with van der Waals surface area (Å²) in [4.78, 5) is 16.7. The molecule has 0 aromatic rings. The molecule has 1 spiro atoms. The third-order valence-electron chi connectivity index (χ3n) is 2.83. The molecule has 0 bridgehead atoms. The van der Waals surface area contributed by atoms with Crippen LogP contribution in [-0.4, -0.2) is 55.1 Å². The highest BCUT2D eigenvalue weighted by molar-refractivity contribution is 5.96. The highest BCUT2D eigenvalue weighted by atomic mass is 16.6. The number of nitrogens with zero attached hydrogens (tertiary/aromatic N) is 2. The van der Waals surface area contributed by atoms with Gasteiger partial charge in [-0.15, -0.1) is 0 Å².